The summed E-state index contributed by atoms with van der Waals surface area (Å²) in [5, 5.41) is 36.0. The van der Waals surface area contributed by atoms with E-state index >= 15 is 0 Å². The van der Waals surface area contributed by atoms with Gasteiger partial charge in [0.25, 0.3) is 0 Å². The fourth-order valence-electron chi connectivity index (χ4n) is 4.70. The minimum atomic E-state index is 0.00900. The molecule has 0 fully saturated rings. The molecule has 0 amide bonds. The van der Waals surface area contributed by atoms with Crippen molar-refractivity contribution >= 4 is 23.3 Å². The first-order valence-corrected chi connectivity index (χ1v) is 16.4. The number of carbonyl (C=O) groups excluding carboxylic acids is 2. The van der Waals surface area contributed by atoms with E-state index in [0.717, 1.165) is 22.8 Å². The molecule has 0 spiro atoms. The van der Waals surface area contributed by atoms with Crippen molar-refractivity contribution in [2.45, 2.75) is 11.4 Å². The van der Waals surface area contributed by atoms with Crippen LogP contribution in [0.4, 0.5) is 0 Å². The second-order valence-electron chi connectivity index (χ2n) is 10.5. The molecule has 0 atom stereocenters. The molecule has 4 aromatic rings. The lowest BCUT2D eigenvalue weighted by Crippen LogP contribution is -2.31. The number of rotatable bonds is 18. The largest absolute Gasteiger partial charge is 0.395 e. The van der Waals surface area contributed by atoms with Crippen LogP contribution in [-0.4, -0.2) is 107 Å². The Bertz CT molecular complexity index is 1410. The van der Waals surface area contributed by atoms with Crippen molar-refractivity contribution in [2.75, 3.05) is 64.9 Å². The molecule has 0 saturated heterocycles. The Kier molecular flexibility index (Phi) is 16.9. The van der Waals surface area contributed by atoms with Gasteiger partial charge in [-0.2, -0.15) is 0 Å². The van der Waals surface area contributed by atoms with Crippen LogP contribution in [0.2, 0.25) is 0 Å². The maximum Gasteiger partial charge on any atom is 0.193 e. The highest BCUT2D eigenvalue weighted by Gasteiger charge is 2.11. The van der Waals surface area contributed by atoms with Crippen LogP contribution in [0.25, 0.3) is 0 Å². The van der Waals surface area contributed by atoms with Gasteiger partial charge in [-0.15, -0.1) is 11.8 Å². The number of ketones is 2. The lowest BCUT2D eigenvalue weighted by atomic mass is 10.0. The Morgan fingerprint density at radius 2 is 0.870 bits per heavy atom. The van der Waals surface area contributed by atoms with Crippen molar-refractivity contribution in [1.82, 2.24) is 9.80 Å². The zero-order valence-electron chi connectivity index (χ0n) is 26.1. The lowest BCUT2D eigenvalue weighted by Gasteiger charge is -2.20. The Labute approximate surface area is 275 Å². The Balaban J connectivity index is 0.000000251. The minimum Gasteiger partial charge on any atom is -0.395 e. The highest BCUT2D eigenvalue weighted by molar-refractivity contribution is 7.99. The molecule has 4 N–H and O–H groups in total. The van der Waals surface area contributed by atoms with Crippen LogP contribution in [0.5, 0.6) is 0 Å². The molecule has 46 heavy (non-hydrogen) atoms. The molecule has 0 aliphatic carbocycles. The van der Waals surface area contributed by atoms with Gasteiger partial charge in [-0.3, -0.25) is 19.4 Å². The van der Waals surface area contributed by atoms with Gasteiger partial charge in [0.15, 0.2) is 11.6 Å². The van der Waals surface area contributed by atoms with Crippen molar-refractivity contribution in [1.29, 1.82) is 0 Å². The molecule has 244 valence electrons. The van der Waals surface area contributed by atoms with E-state index in [1.165, 1.54) is 0 Å². The number of aliphatic hydroxyl groups excluding tert-OH is 4. The molecular formula is C37H44N2O6S. The van der Waals surface area contributed by atoms with Gasteiger partial charge < -0.3 is 20.4 Å². The fourth-order valence-corrected chi connectivity index (χ4v) is 5.61. The van der Waals surface area contributed by atoms with E-state index in [4.69, 9.17) is 20.4 Å². The molecule has 9 heteroatoms. The van der Waals surface area contributed by atoms with E-state index in [9.17, 15) is 9.59 Å². The molecule has 0 aromatic heterocycles. The standard InChI is InChI=1S/C19H23NO3S.C18H21NO3/c21-13-10-20(11-14-22)12-15-24-18-8-6-17(7-9-18)19(23)16-4-2-1-3-5-16;20-12-10-19(11-13-21)14-15-6-8-17(9-7-15)18(22)16-4-2-1-3-5-16/h1-9,21-22H,10-15H2;1-9,20-21H,10-14H2. The summed E-state index contributed by atoms with van der Waals surface area (Å²) < 4.78 is 0. The first-order chi connectivity index (χ1) is 22.5. The molecule has 0 bridgehead atoms. The van der Waals surface area contributed by atoms with Gasteiger partial charge >= 0.3 is 0 Å². The van der Waals surface area contributed by atoms with Crippen molar-refractivity contribution in [3.8, 4) is 0 Å². The van der Waals surface area contributed by atoms with Gasteiger partial charge in [0, 0.05) is 72.2 Å². The van der Waals surface area contributed by atoms with Crippen molar-refractivity contribution < 1.29 is 30.0 Å². The molecule has 0 saturated carbocycles. The predicted molar refractivity (Wildman–Crippen MR) is 183 cm³/mol. The third-order valence-electron chi connectivity index (χ3n) is 7.15. The first kappa shape index (κ1) is 36.8. The molecule has 4 rings (SSSR count). The van der Waals surface area contributed by atoms with E-state index in [0.29, 0.717) is 55.0 Å². The van der Waals surface area contributed by atoms with Gasteiger partial charge in [-0.1, -0.05) is 84.9 Å². The van der Waals surface area contributed by atoms with Crippen LogP contribution in [0.3, 0.4) is 0 Å². The Morgan fingerprint density at radius 3 is 1.30 bits per heavy atom. The van der Waals surface area contributed by atoms with E-state index in [1.807, 2.05) is 107 Å². The maximum atomic E-state index is 12.3. The predicted octanol–water partition coefficient (Wildman–Crippen LogP) is 4.00. The average molecular weight is 645 g/mol. The number of hydrogen-bond donors (Lipinski definition) is 4. The Hall–Kier alpha value is -3.67. The Morgan fingerprint density at radius 1 is 0.478 bits per heavy atom. The SMILES string of the molecule is O=C(c1ccccc1)c1ccc(CN(CCO)CCO)cc1.O=C(c1ccccc1)c1ccc(SCCN(CCO)CCO)cc1. The smallest absolute Gasteiger partial charge is 0.193 e. The average Bonchev–Trinajstić information content (AvgIpc) is 3.10. The topological polar surface area (TPSA) is 122 Å². The summed E-state index contributed by atoms with van der Waals surface area (Å²) in [6.07, 6.45) is 0. The second-order valence-corrected chi connectivity index (χ2v) is 11.6. The molecule has 0 radical (unpaired) electrons. The third kappa shape index (κ3) is 12.6. The molecular weight excluding hydrogens is 600 g/mol. The monoisotopic (exact) mass is 644 g/mol. The number of carbonyl (C=O) groups is 2. The van der Waals surface area contributed by atoms with Crippen molar-refractivity contribution in [2.24, 2.45) is 0 Å². The first-order valence-electron chi connectivity index (χ1n) is 15.4. The van der Waals surface area contributed by atoms with Gasteiger partial charge in [-0.05, 0) is 29.8 Å². The molecule has 0 aliphatic rings. The number of thioether (sulfide) groups is 1. The zero-order chi connectivity index (χ0) is 33.0. The summed E-state index contributed by atoms with van der Waals surface area (Å²) in [7, 11) is 0. The second kappa shape index (κ2) is 21.2. The van der Waals surface area contributed by atoms with Crippen molar-refractivity contribution in [3.63, 3.8) is 0 Å². The lowest BCUT2D eigenvalue weighted by molar-refractivity contribution is 0.103. The van der Waals surface area contributed by atoms with Gasteiger partial charge in [0.05, 0.1) is 26.4 Å². The summed E-state index contributed by atoms with van der Waals surface area (Å²) in [6.45, 7) is 3.95. The van der Waals surface area contributed by atoms with E-state index in [2.05, 4.69) is 0 Å². The fraction of sp³-hybridized carbons (Fsp3) is 0.297. The van der Waals surface area contributed by atoms with Crippen LogP contribution >= 0.6 is 11.8 Å². The quantitative estimate of drug-likeness (QED) is 0.0941. The minimum absolute atomic E-state index is 0.00900. The van der Waals surface area contributed by atoms with Crippen LogP contribution in [0.1, 0.15) is 37.4 Å². The highest BCUT2D eigenvalue weighted by atomic mass is 32.2. The summed E-state index contributed by atoms with van der Waals surface area (Å²) in [5.41, 5.74) is 3.77. The van der Waals surface area contributed by atoms with Gasteiger partial charge in [0.2, 0.25) is 0 Å². The summed E-state index contributed by atoms with van der Waals surface area (Å²) >= 11 is 1.70. The van der Waals surface area contributed by atoms with Crippen LogP contribution in [0, 0.1) is 0 Å². The summed E-state index contributed by atoms with van der Waals surface area (Å²) in [4.78, 5) is 29.8. The maximum absolute atomic E-state index is 12.3. The van der Waals surface area contributed by atoms with Crippen LogP contribution in [0.15, 0.2) is 114 Å². The summed E-state index contributed by atoms with van der Waals surface area (Å²) in [6, 6.07) is 33.6. The van der Waals surface area contributed by atoms with E-state index in [1.54, 1.807) is 23.9 Å². The number of aliphatic hydroxyl groups is 4. The van der Waals surface area contributed by atoms with E-state index < -0.39 is 0 Å². The third-order valence-corrected chi connectivity index (χ3v) is 8.14. The number of nitrogens with zero attached hydrogens (tertiary/aromatic N) is 2. The van der Waals surface area contributed by atoms with Gasteiger partial charge in [0.1, 0.15) is 0 Å². The van der Waals surface area contributed by atoms with E-state index in [-0.39, 0.29) is 38.0 Å². The zero-order valence-corrected chi connectivity index (χ0v) is 26.9. The van der Waals surface area contributed by atoms with Gasteiger partial charge in [-0.25, -0.2) is 0 Å². The molecule has 4 aromatic carbocycles. The van der Waals surface area contributed by atoms with Crippen LogP contribution < -0.4 is 0 Å². The highest BCUT2D eigenvalue weighted by Crippen LogP contribution is 2.20. The molecule has 0 aliphatic heterocycles. The number of hydrogen-bond acceptors (Lipinski definition) is 9. The normalized spacial score (nSPS) is 10.9. The number of benzene rings is 4. The molecule has 8 nitrogen and oxygen atoms in total. The summed E-state index contributed by atoms with van der Waals surface area (Å²) in [5.74, 6) is 0.908. The van der Waals surface area contributed by atoms with Crippen LogP contribution in [-0.2, 0) is 6.54 Å². The van der Waals surface area contributed by atoms with Crippen molar-refractivity contribution in [3.05, 3.63) is 137 Å². The molecule has 0 unspecified atom stereocenters. The molecule has 0 heterocycles.